The van der Waals surface area contributed by atoms with E-state index < -0.39 is 42.9 Å². The highest BCUT2D eigenvalue weighted by Gasteiger charge is 2.53. The normalized spacial score (nSPS) is 17.9. The molecule has 8 nitrogen and oxygen atoms in total. The number of rotatable bonds is 4. The van der Waals surface area contributed by atoms with Gasteiger partial charge < -0.3 is 0 Å². The third-order valence-electron chi connectivity index (χ3n) is 9.24. The number of sulfonamides is 2. The van der Waals surface area contributed by atoms with Crippen molar-refractivity contribution < 1.29 is 43.2 Å². The first-order valence-corrected chi connectivity index (χ1v) is 18.3. The Labute approximate surface area is 292 Å². The average molecular weight is 753 g/mol. The second-order valence-corrected chi connectivity index (χ2v) is 15.7. The fourth-order valence-electron chi connectivity index (χ4n) is 7.00. The van der Waals surface area contributed by atoms with Crippen molar-refractivity contribution in [1.29, 1.82) is 0 Å². The van der Waals surface area contributed by atoms with Crippen molar-refractivity contribution in [2.75, 3.05) is 8.61 Å². The van der Waals surface area contributed by atoms with E-state index in [0.717, 1.165) is 12.4 Å². The molecule has 16 heteroatoms. The molecular weight excluding hydrogens is 731 g/mol. The summed E-state index contributed by atoms with van der Waals surface area (Å²) < 4.78 is 136. The molecule has 4 heterocycles. The molecule has 2 aromatic heterocycles. The standard InChI is InChI=1S/C36H22F6N4O4S2/c37-35(38,39)51(47,48)45-18-14-25(27-12-10-21-6-4-16-43-31(21)33(27)45)29-20-30(24-9-3-1-2-8-23(24)29)26-15-19-46(52(49,50)36(40,41)42)34-28(26)13-11-22-7-5-17-44-32(22)34/h1-20,25-26H. The van der Waals surface area contributed by atoms with Crippen LogP contribution in [0.15, 0.2) is 122 Å². The molecule has 0 N–H and O–H groups in total. The van der Waals surface area contributed by atoms with E-state index in [1.165, 1.54) is 24.5 Å². The third kappa shape index (κ3) is 4.95. The molecule has 0 radical (unpaired) electrons. The molecule has 0 spiro atoms. The van der Waals surface area contributed by atoms with Crippen LogP contribution in [0, 0.1) is 0 Å². The van der Waals surface area contributed by atoms with Crippen LogP contribution in [0.4, 0.5) is 37.7 Å². The predicted molar refractivity (Wildman–Crippen MR) is 183 cm³/mol. The number of fused-ring (bicyclic) bond motifs is 7. The van der Waals surface area contributed by atoms with Gasteiger partial charge in [0.05, 0.1) is 22.4 Å². The molecule has 2 aliphatic heterocycles. The highest BCUT2D eigenvalue weighted by molar-refractivity contribution is 7.94. The maximum absolute atomic E-state index is 14.0. The topological polar surface area (TPSA) is 101 Å². The van der Waals surface area contributed by atoms with Crippen molar-refractivity contribution in [2.45, 2.75) is 22.9 Å². The maximum Gasteiger partial charge on any atom is 0.517 e. The molecule has 2 atom stereocenters. The number of alkyl halides is 6. The van der Waals surface area contributed by atoms with Crippen LogP contribution in [-0.2, 0) is 20.0 Å². The van der Waals surface area contributed by atoms with E-state index in [9.17, 15) is 43.2 Å². The van der Waals surface area contributed by atoms with Crippen LogP contribution in [0.3, 0.4) is 0 Å². The first-order valence-electron chi connectivity index (χ1n) is 15.5. The molecule has 2 aromatic carbocycles. The van der Waals surface area contributed by atoms with Crippen LogP contribution >= 0.6 is 0 Å². The first kappa shape index (κ1) is 33.7. The van der Waals surface area contributed by atoms with E-state index in [4.69, 9.17) is 0 Å². The number of hydrogen-bond acceptors (Lipinski definition) is 6. The average Bonchev–Trinajstić information content (AvgIpc) is 3.28. The maximum atomic E-state index is 14.0. The molecule has 0 saturated heterocycles. The summed E-state index contributed by atoms with van der Waals surface area (Å²) in [5, 5.41) is 0.806. The lowest BCUT2D eigenvalue weighted by Crippen LogP contribution is -2.39. The molecule has 2 unspecified atom stereocenters. The summed E-state index contributed by atoms with van der Waals surface area (Å²) in [5.41, 5.74) is -8.97. The van der Waals surface area contributed by atoms with Gasteiger partial charge in [-0.25, -0.2) is 8.61 Å². The van der Waals surface area contributed by atoms with Crippen molar-refractivity contribution in [3.8, 4) is 11.1 Å². The second-order valence-electron chi connectivity index (χ2n) is 12.1. The Hall–Kier alpha value is -5.48. The smallest absolute Gasteiger partial charge is 0.254 e. The molecule has 2 aliphatic carbocycles. The van der Waals surface area contributed by atoms with Gasteiger partial charge in [-0.3, -0.25) is 9.97 Å². The lowest BCUT2D eigenvalue weighted by Gasteiger charge is -2.31. The number of aromatic nitrogens is 2. The summed E-state index contributed by atoms with van der Waals surface area (Å²) in [7, 11) is -11.8. The summed E-state index contributed by atoms with van der Waals surface area (Å²) in [6.45, 7) is 0. The Bertz CT molecular complexity index is 2520. The van der Waals surface area contributed by atoms with Crippen molar-refractivity contribution in [3.05, 3.63) is 144 Å². The van der Waals surface area contributed by atoms with Crippen molar-refractivity contribution in [3.63, 3.8) is 0 Å². The van der Waals surface area contributed by atoms with Crippen LogP contribution in [0.5, 0.6) is 0 Å². The van der Waals surface area contributed by atoms with Gasteiger partial charge in [0.25, 0.3) is 0 Å². The summed E-state index contributed by atoms with van der Waals surface area (Å²) in [6.07, 6.45) is 7.09. The Morgan fingerprint density at radius 3 is 1.35 bits per heavy atom. The zero-order valence-electron chi connectivity index (χ0n) is 26.2. The molecule has 264 valence electrons. The second kappa shape index (κ2) is 11.5. The predicted octanol–water partition coefficient (Wildman–Crippen LogP) is 8.52. The number of hydrogen-bond donors (Lipinski definition) is 0. The number of anilines is 2. The van der Waals surface area contributed by atoms with E-state index in [2.05, 4.69) is 9.97 Å². The van der Waals surface area contributed by atoms with E-state index in [0.29, 0.717) is 33.0 Å². The summed E-state index contributed by atoms with van der Waals surface area (Å²) >= 11 is 0. The van der Waals surface area contributed by atoms with Gasteiger partial charge in [-0.15, -0.1) is 0 Å². The van der Waals surface area contributed by atoms with Crippen molar-refractivity contribution >= 4 is 53.2 Å². The van der Waals surface area contributed by atoms with Crippen LogP contribution < -0.4 is 8.61 Å². The van der Waals surface area contributed by atoms with Gasteiger partial charge in [0.1, 0.15) is 0 Å². The minimum absolute atomic E-state index is 0.0262. The minimum atomic E-state index is -5.90. The summed E-state index contributed by atoms with van der Waals surface area (Å²) in [4.78, 5) is 8.51. The van der Waals surface area contributed by atoms with E-state index >= 15 is 0 Å². The van der Waals surface area contributed by atoms with Gasteiger partial charge in [-0.1, -0.05) is 84.9 Å². The minimum Gasteiger partial charge on any atom is -0.254 e. The van der Waals surface area contributed by atoms with Crippen LogP contribution in [-0.4, -0.2) is 37.8 Å². The monoisotopic (exact) mass is 752 g/mol. The highest BCUT2D eigenvalue weighted by atomic mass is 32.2. The number of pyridine rings is 2. The van der Waals surface area contributed by atoms with Gasteiger partial charge in [-0.2, -0.15) is 43.2 Å². The molecule has 0 fully saturated rings. The quantitative estimate of drug-likeness (QED) is 0.168. The largest absolute Gasteiger partial charge is 0.517 e. The number of benzene rings is 2. The van der Waals surface area contributed by atoms with Gasteiger partial charge in [0.15, 0.2) is 0 Å². The van der Waals surface area contributed by atoms with Crippen molar-refractivity contribution in [1.82, 2.24) is 9.97 Å². The fourth-order valence-corrected chi connectivity index (χ4v) is 8.77. The van der Waals surface area contributed by atoms with Gasteiger partial charge >= 0.3 is 31.1 Å². The lowest BCUT2D eigenvalue weighted by molar-refractivity contribution is -0.0442. The highest BCUT2D eigenvalue weighted by Crippen LogP contribution is 2.52. The van der Waals surface area contributed by atoms with Crippen LogP contribution in [0.2, 0.25) is 0 Å². The number of halogens is 6. The van der Waals surface area contributed by atoms with Crippen molar-refractivity contribution in [2.24, 2.45) is 0 Å². The first-order chi connectivity index (χ1) is 24.6. The molecule has 52 heavy (non-hydrogen) atoms. The summed E-state index contributed by atoms with van der Waals surface area (Å²) in [6, 6.07) is 23.2. The molecule has 4 aromatic rings. The Kier molecular flexibility index (Phi) is 7.45. The SMILES string of the molecule is O=S(=O)(N1C=CC(c2cc(C3C=CN(S(=O)(=O)C(F)(F)F)c4c3ccc3cccnc43)c3cccccc2-3)c2ccc3cccnc3c21)C(F)(F)F. The fraction of sp³-hybridized carbons (Fsp3) is 0.111. The molecule has 0 amide bonds. The van der Waals surface area contributed by atoms with E-state index in [-0.39, 0.29) is 42.1 Å². The van der Waals surface area contributed by atoms with E-state index in [1.807, 2.05) is 0 Å². The molecule has 8 rings (SSSR count). The zero-order valence-corrected chi connectivity index (χ0v) is 27.8. The Morgan fingerprint density at radius 1 is 0.519 bits per heavy atom. The lowest BCUT2D eigenvalue weighted by atomic mass is 9.86. The van der Waals surface area contributed by atoms with Gasteiger partial charge in [0, 0.05) is 47.4 Å². The number of allylic oxidation sites excluding steroid dienone is 2. The molecule has 0 bridgehead atoms. The van der Waals surface area contributed by atoms with Gasteiger partial charge in [0.2, 0.25) is 0 Å². The van der Waals surface area contributed by atoms with Crippen LogP contribution in [0.1, 0.15) is 34.1 Å². The number of nitrogens with zero attached hydrogens (tertiary/aromatic N) is 4. The molecular formula is C36H22F6N4O4S2. The Balaban J connectivity index is 1.36. The zero-order chi connectivity index (χ0) is 36.8. The third-order valence-corrected chi connectivity index (χ3v) is 12.1. The molecule has 4 aliphatic rings. The van der Waals surface area contributed by atoms with E-state index in [1.54, 1.807) is 84.9 Å². The van der Waals surface area contributed by atoms with Crippen LogP contribution in [0.25, 0.3) is 32.9 Å². The molecule has 0 saturated carbocycles. The van der Waals surface area contributed by atoms with Gasteiger partial charge in [-0.05, 0) is 45.5 Å². The Morgan fingerprint density at radius 2 is 0.942 bits per heavy atom. The summed E-state index contributed by atoms with van der Waals surface area (Å²) in [5.74, 6) is -1.63.